The van der Waals surface area contributed by atoms with Crippen LogP contribution in [-0.4, -0.2) is 18.8 Å². The number of para-hydroxylation sites is 1. The fourth-order valence-electron chi connectivity index (χ4n) is 3.28. The summed E-state index contributed by atoms with van der Waals surface area (Å²) in [5.74, 6) is 0. The lowest BCUT2D eigenvalue weighted by Gasteiger charge is -2.22. The molecule has 0 amide bonds. The summed E-state index contributed by atoms with van der Waals surface area (Å²) in [5, 5.41) is 4.15. The molecule has 0 saturated carbocycles. The Morgan fingerprint density at radius 1 is 0.926 bits per heavy atom. The van der Waals surface area contributed by atoms with Gasteiger partial charge in [0.25, 0.3) is 0 Å². The minimum atomic E-state index is -4.41. The number of benzene rings is 2. The third-order valence-electron chi connectivity index (χ3n) is 4.83. The highest BCUT2D eigenvalue weighted by Gasteiger charge is 2.33. The number of rotatable bonds is 4. The molecule has 1 aliphatic rings. The lowest BCUT2D eigenvalue weighted by molar-refractivity contribution is -0.136. The minimum Gasteiger partial charge on any atom is -0.372 e. The SMILES string of the molecule is CC(=NNc1ccccc1C(F)(F)F)c1ccc(N2CCCCCC2)cc1. The second-order valence-electron chi connectivity index (χ2n) is 6.80. The molecule has 27 heavy (non-hydrogen) atoms. The number of halogens is 3. The molecule has 0 spiro atoms. The van der Waals surface area contributed by atoms with Crippen molar-refractivity contribution in [2.24, 2.45) is 5.10 Å². The van der Waals surface area contributed by atoms with Crippen LogP contribution in [0.5, 0.6) is 0 Å². The predicted octanol–water partition coefficient (Wildman–Crippen LogP) is 5.92. The molecule has 2 aromatic carbocycles. The standard InChI is InChI=1S/C21H24F3N3/c1-16(25-26-20-9-5-4-8-19(20)21(22,23)24)17-10-12-18(13-11-17)27-14-6-2-3-7-15-27/h4-5,8-13,26H,2-3,6-7,14-15H2,1H3. The van der Waals surface area contributed by atoms with Crippen molar-refractivity contribution >= 4 is 17.1 Å². The molecule has 1 aliphatic heterocycles. The zero-order valence-corrected chi connectivity index (χ0v) is 15.4. The molecule has 1 N–H and O–H groups in total. The largest absolute Gasteiger partial charge is 0.418 e. The summed E-state index contributed by atoms with van der Waals surface area (Å²) in [5.41, 5.74) is 4.49. The lowest BCUT2D eigenvalue weighted by atomic mass is 10.1. The molecule has 0 unspecified atom stereocenters. The molecule has 0 aromatic heterocycles. The fourth-order valence-corrected chi connectivity index (χ4v) is 3.28. The molecule has 0 bridgehead atoms. The minimum absolute atomic E-state index is 0.0504. The number of anilines is 2. The first-order chi connectivity index (χ1) is 12.9. The first-order valence-electron chi connectivity index (χ1n) is 9.27. The molecule has 3 rings (SSSR count). The van der Waals surface area contributed by atoms with Gasteiger partial charge in [0.2, 0.25) is 0 Å². The van der Waals surface area contributed by atoms with Gasteiger partial charge in [-0.2, -0.15) is 18.3 Å². The van der Waals surface area contributed by atoms with Gasteiger partial charge in [0.15, 0.2) is 0 Å². The van der Waals surface area contributed by atoms with E-state index < -0.39 is 11.7 Å². The summed E-state index contributed by atoms with van der Waals surface area (Å²) < 4.78 is 39.2. The molecule has 1 heterocycles. The molecule has 0 radical (unpaired) electrons. The number of nitrogens with one attached hydrogen (secondary N) is 1. The summed E-state index contributed by atoms with van der Waals surface area (Å²) in [4.78, 5) is 2.39. The van der Waals surface area contributed by atoms with Crippen LogP contribution in [0.2, 0.25) is 0 Å². The van der Waals surface area contributed by atoms with Crippen molar-refractivity contribution in [1.82, 2.24) is 0 Å². The number of hydrogen-bond acceptors (Lipinski definition) is 3. The van der Waals surface area contributed by atoms with Crippen LogP contribution in [0, 0.1) is 0 Å². The molecular formula is C21H24F3N3. The van der Waals surface area contributed by atoms with Gasteiger partial charge in [-0.15, -0.1) is 0 Å². The Bertz CT molecular complexity index is 774. The second-order valence-corrected chi connectivity index (χ2v) is 6.80. The summed E-state index contributed by atoms with van der Waals surface area (Å²) in [6, 6.07) is 13.4. The van der Waals surface area contributed by atoms with E-state index in [1.165, 1.54) is 43.5 Å². The normalized spacial score (nSPS) is 16.1. The van der Waals surface area contributed by atoms with Crippen LogP contribution in [0.25, 0.3) is 0 Å². The third kappa shape index (κ3) is 5.02. The van der Waals surface area contributed by atoms with E-state index in [4.69, 9.17) is 0 Å². The molecule has 1 saturated heterocycles. The van der Waals surface area contributed by atoms with Crippen molar-refractivity contribution in [1.29, 1.82) is 0 Å². The van der Waals surface area contributed by atoms with Crippen molar-refractivity contribution < 1.29 is 13.2 Å². The summed E-state index contributed by atoms with van der Waals surface area (Å²) in [6.45, 7) is 3.93. The Morgan fingerprint density at radius 2 is 1.56 bits per heavy atom. The van der Waals surface area contributed by atoms with Gasteiger partial charge >= 0.3 is 6.18 Å². The van der Waals surface area contributed by atoms with Crippen LogP contribution in [0.4, 0.5) is 24.5 Å². The maximum Gasteiger partial charge on any atom is 0.418 e. The van der Waals surface area contributed by atoms with Gasteiger partial charge in [0.05, 0.1) is 17.0 Å². The number of hydrazone groups is 1. The average Bonchev–Trinajstić information content (AvgIpc) is 2.95. The van der Waals surface area contributed by atoms with Crippen molar-refractivity contribution in [3.8, 4) is 0 Å². The van der Waals surface area contributed by atoms with E-state index >= 15 is 0 Å². The van der Waals surface area contributed by atoms with Crippen LogP contribution in [0.3, 0.4) is 0 Å². The molecule has 1 fully saturated rings. The molecule has 2 aromatic rings. The van der Waals surface area contributed by atoms with Crippen molar-refractivity contribution in [3.05, 3.63) is 59.7 Å². The van der Waals surface area contributed by atoms with E-state index in [0.29, 0.717) is 5.71 Å². The highest BCUT2D eigenvalue weighted by atomic mass is 19.4. The Labute approximate surface area is 157 Å². The van der Waals surface area contributed by atoms with Gasteiger partial charge in [-0.3, -0.25) is 5.43 Å². The van der Waals surface area contributed by atoms with Crippen molar-refractivity contribution in [2.45, 2.75) is 38.8 Å². The van der Waals surface area contributed by atoms with Gasteiger partial charge in [0, 0.05) is 18.8 Å². The Kier molecular flexibility index (Phi) is 6.04. The molecule has 144 valence electrons. The number of nitrogens with zero attached hydrogens (tertiary/aromatic N) is 2. The van der Waals surface area contributed by atoms with Crippen molar-refractivity contribution in [2.75, 3.05) is 23.4 Å². The van der Waals surface area contributed by atoms with E-state index in [1.54, 1.807) is 13.0 Å². The molecule has 6 heteroatoms. The van der Waals surface area contributed by atoms with Gasteiger partial charge in [-0.25, -0.2) is 0 Å². The number of hydrogen-bond donors (Lipinski definition) is 1. The van der Waals surface area contributed by atoms with Crippen LogP contribution in [0.1, 0.15) is 43.7 Å². The maximum absolute atomic E-state index is 13.1. The first kappa shape index (κ1) is 19.3. The maximum atomic E-state index is 13.1. The zero-order valence-electron chi connectivity index (χ0n) is 15.4. The molecule has 0 atom stereocenters. The molecular weight excluding hydrogens is 351 g/mol. The van der Waals surface area contributed by atoms with Gasteiger partial charge < -0.3 is 4.90 Å². The van der Waals surface area contributed by atoms with E-state index in [9.17, 15) is 13.2 Å². The average molecular weight is 375 g/mol. The van der Waals surface area contributed by atoms with Crippen LogP contribution >= 0.6 is 0 Å². The molecule has 0 aliphatic carbocycles. The summed E-state index contributed by atoms with van der Waals surface area (Å²) >= 11 is 0. The van der Waals surface area contributed by atoms with Crippen LogP contribution in [-0.2, 0) is 6.18 Å². The van der Waals surface area contributed by atoms with E-state index in [-0.39, 0.29) is 5.69 Å². The number of alkyl halides is 3. The lowest BCUT2D eigenvalue weighted by Crippen LogP contribution is -2.23. The smallest absolute Gasteiger partial charge is 0.372 e. The van der Waals surface area contributed by atoms with E-state index in [2.05, 4.69) is 27.6 Å². The Morgan fingerprint density at radius 3 is 2.19 bits per heavy atom. The summed E-state index contributed by atoms with van der Waals surface area (Å²) in [6.07, 6.45) is 0.578. The van der Waals surface area contributed by atoms with E-state index in [1.807, 2.05) is 12.1 Å². The summed E-state index contributed by atoms with van der Waals surface area (Å²) in [7, 11) is 0. The Balaban J connectivity index is 1.72. The highest BCUT2D eigenvalue weighted by Crippen LogP contribution is 2.34. The van der Waals surface area contributed by atoms with Gasteiger partial charge in [0.1, 0.15) is 0 Å². The van der Waals surface area contributed by atoms with Gasteiger partial charge in [-0.1, -0.05) is 37.1 Å². The van der Waals surface area contributed by atoms with Gasteiger partial charge in [-0.05, 0) is 49.6 Å². The van der Waals surface area contributed by atoms with Crippen molar-refractivity contribution in [3.63, 3.8) is 0 Å². The van der Waals surface area contributed by atoms with Crippen LogP contribution < -0.4 is 10.3 Å². The molecule has 3 nitrogen and oxygen atoms in total. The Hall–Kier alpha value is -2.50. The highest BCUT2D eigenvalue weighted by molar-refractivity contribution is 5.99. The van der Waals surface area contributed by atoms with E-state index in [0.717, 1.165) is 24.7 Å². The second kappa shape index (κ2) is 8.46. The quantitative estimate of drug-likeness (QED) is 0.530. The fraction of sp³-hybridized carbons (Fsp3) is 0.381. The topological polar surface area (TPSA) is 27.6 Å². The predicted molar refractivity (Wildman–Crippen MR) is 104 cm³/mol. The van der Waals surface area contributed by atoms with Crippen LogP contribution in [0.15, 0.2) is 53.6 Å². The zero-order chi connectivity index (χ0) is 19.3. The monoisotopic (exact) mass is 375 g/mol. The third-order valence-corrected chi connectivity index (χ3v) is 4.83. The first-order valence-corrected chi connectivity index (χ1v) is 9.27.